The van der Waals surface area contributed by atoms with Crippen molar-refractivity contribution in [1.82, 2.24) is 20.0 Å². The molecule has 1 saturated carbocycles. The SMILES string of the molecule is O=C(c1ccsc1)N1CCC(CC2CC2)(c2noc(-c3ccncc3)n2)CC1. The summed E-state index contributed by atoms with van der Waals surface area (Å²) in [5.41, 5.74) is 1.58. The molecule has 3 aromatic heterocycles. The number of amides is 1. The maximum Gasteiger partial charge on any atom is 0.258 e. The Kier molecular flexibility index (Phi) is 4.47. The quantitative estimate of drug-likeness (QED) is 0.649. The third-order valence-corrected chi connectivity index (χ3v) is 6.66. The van der Waals surface area contributed by atoms with E-state index in [1.54, 1.807) is 23.7 Å². The molecule has 1 saturated heterocycles. The van der Waals surface area contributed by atoms with E-state index >= 15 is 0 Å². The molecule has 3 aromatic rings. The maximum atomic E-state index is 12.7. The van der Waals surface area contributed by atoms with Gasteiger partial charge >= 0.3 is 0 Å². The Morgan fingerprint density at radius 2 is 2.00 bits per heavy atom. The molecule has 0 spiro atoms. The molecule has 0 unspecified atom stereocenters. The Labute approximate surface area is 167 Å². The van der Waals surface area contributed by atoms with E-state index in [0.717, 1.165) is 55.2 Å². The van der Waals surface area contributed by atoms with Crippen LogP contribution in [0.5, 0.6) is 0 Å². The number of aromatic nitrogens is 3. The zero-order chi connectivity index (χ0) is 19.0. The largest absolute Gasteiger partial charge is 0.339 e. The molecule has 0 atom stereocenters. The van der Waals surface area contributed by atoms with Gasteiger partial charge in [-0.15, -0.1) is 0 Å². The van der Waals surface area contributed by atoms with Crippen molar-refractivity contribution in [2.75, 3.05) is 13.1 Å². The summed E-state index contributed by atoms with van der Waals surface area (Å²) >= 11 is 1.56. The monoisotopic (exact) mass is 394 g/mol. The lowest BCUT2D eigenvalue weighted by atomic mass is 9.73. The Morgan fingerprint density at radius 1 is 1.21 bits per heavy atom. The number of carbonyl (C=O) groups excluding carboxylic acids is 1. The summed E-state index contributed by atoms with van der Waals surface area (Å²) in [6.07, 6.45) is 8.89. The molecule has 1 aliphatic carbocycles. The molecule has 7 heteroatoms. The summed E-state index contributed by atoms with van der Waals surface area (Å²) in [6, 6.07) is 5.67. The molecule has 144 valence electrons. The number of nitrogens with zero attached hydrogens (tertiary/aromatic N) is 4. The molecule has 0 bridgehead atoms. The lowest BCUT2D eigenvalue weighted by Crippen LogP contribution is -2.46. The lowest BCUT2D eigenvalue weighted by Gasteiger charge is -2.40. The molecule has 1 aliphatic heterocycles. The molecule has 4 heterocycles. The summed E-state index contributed by atoms with van der Waals surface area (Å²) in [4.78, 5) is 23.5. The van der Waals surface area contributed by atoms with Gasteiger partial charge in [0, 0.05) is 41.8 Å². The topological polar surface area (TPSA) is 72.1 Å². The van der Waals surface area contributed by atoms with E-state index in [2.05, 4.69) is 10.1 Å². The predicted molar refractivity (Wildman–Crippen MR) is 106 cm³/mol. The van der Waals surface area contributed by atoms with Crippen molar-refractivity contribution >= 4 is 17.2 Å². The third-order valence-electron chi connectivity index (χ3n) is 5.98. The number of thiophene rings is 1. The molecule has 0 radical (unpaired) electrons. The van der Waals surface area contributed by atoms with Gasteiger partial charge in [-0.1, -0.05) is 18.0 Å². The van der Waals surface area contributed by atoms with Crippen LogP contribution in [0.1, 0.15) is 48.3 Å². The Bertz CT molecular complexity index is 942. The van der Waals surface area contributed by atoms with Crippen molar-refractivity contribution < 1.29 is 9.32 Å². The highest BCUT2D eigenvalue weighted by Gasteiger charge is 2.44. The minimum atomic E-state index is -0.0959. The summed E-state index contributed by atoms with van der Waals surface area (Å²) in [5.74, 6) is 2.23. The van der Waals surface area contributed by atoms with Crippen LogP contribution < -0.4 is 0 Å². The molecule has 6 nitrogen and oxygen atoms in total. The number of hydrogen-bond acceptors (Lipinski definition) is 6. The van der Waals surface area contributed by atoms with Gasteiger partial charge in [-0.05, 0) is 48.8 Å². The van der Waals surface area contributed by atoms with Gasteiger partial charge in [-0.2, -0.15) is 16.3 Å². The zero-order valence-electron chi connectivity index (χ0n) is 15.6. The molecule has 0 N–H and O–H groups in total. The summed E-state index contributed by atoms with van der Waals surface area (Å²) in [6.45, 7) is 1.47. The van der Waals surface area contributed by atoms with Crippen molar-refractivity contribution in [2.45, 2.75) is 37.5 Å². The fraction of sp³-hybridized carbons (Fsp3) is 0.429. The minimum Gasteiger partial charge on any atom is -0.339 e. The highest BCUT2D eigenvalue weighted by molar-refractivity contribution is 7.08. The van der Waals surface area contributed by atoms with Crippen molar-refractivity contribution in [3.63, 3.8) is 0 Å². The number of carbonyl (C=O) groups is 1. The predicted octanol–water partition coefficient (Wildman–Crippen LogP) is 4.17. The van der Waals surface area contributed by atoms with Crippen LogP contribution in [0.2, 0.25) is 0 Å². The molecule has 28 heavy (non-hydrogen) atoms. The average molecular weight is 395 g/mol. The van der Waals surface area contributed by atoms with Gasteiger partial charge < -0.3 is 9.42 Å². The van der Waals surface area contributed by atoms with Crippen LogP contribution in [0, 0.1) is 5.92 Å². The summed E-state index contributed by atoms with van der Waals surface area (Å²) in [7, 11) is 0. The van der Waals surface area contributed by atoms with Gasteiger partial charge in [0.1, 0.15) is 0 Å². The fourth-order valence-electron chi connectivity index (χ4n) is 4.15. The van der Waals surface area contributed by atoms with Crippen LogP contribution in [-0.4, -0.2) is 39.0 Å². The smallest absolute Gasteiger partial charge is 0.258 e. The van der Waals surface area contributed by atoms with Gasteiger partial charge in [0.05, 0.1) is 5.56 Å². The number of hydrogen-bond donors (Lipinski definition) is 0. The Morgan fingerprint density at radius 3 is 2.68 bits per heavy atom. The van der Waals surface area contributed by atoms with Gasteiger partial charge in [0.2, 0.25) is 0 Å². The molecule has 0 aromatic carbocycles. The van der Waals surface area contributed by atoms with Gasteiger partial charge in [-0.25, -0.2) is 0 Å². The number of rotatable bonds is 5. The maximum absolute atomic E-state index is 12.7. The molecular weight excluding hydrogens is 372 g/mol. The standard InChI is InChI=1S/C21H22N4O2S/c26-19(17-5-12-28-14-17)25-10-6-21(7-11-25,13-15-1-2-15)20-23-18(27-24-20)16-3-8-22-9-4-16/h3-5,8-9,12,14-15H,1-2,6-7,10-11,13H2. The lowest BCUT2D eigenvalue weighted by molar-refractivity contribution is 0.0646. The van der Waals surface area contributed by atoms with Crippen LogP contribution in [-0.2, 0) is 5.41 Å². The first-order valence-electron chi connectivity index (χ1n) is 9.80. The van der Waals surface area contributed by atoms with Crippen molar-refractivity contribution in [3.8, 4) is 11.5 Å². The normalized spacial score (nSPS) is 18.9. The van der Waals surface area contributed by atoms with Gasteiger partial charge in [0.25, 0.3) is 11.8 Å². The van der Waals surface area contributed by atoms with Crippen molar-refractivity contribution in [2.24, 2.45) is 5.92 Å². The molecule has 5 rings (SSSR count). The van der Waals surface area contributed by atoms with Gasteiger partial charge in [0.15, 0.2) is 5.82 Å². The van der Waals surface area contributed by atoms with E-state index in [1.807, 2.05) is 33.9 Å². The van der Waals surface area contributed by atoms with E-state index < -0.39 is 0 Å². The highest BCUT2D eigenvalue weighted by atomic mass is 32.1. The summed E-state index contributed by atoms with van der Waals surface area (Å²) < 4.78 is 5.60. The van der Waals surface area contributed by atoms with Crippen LogP contribution in [0.3, 0.4) is 0 Å². The molecular formula is C21H22N4O2S. The van der Waals surface area contributed by atoms with Crippen LogP contribution >= 0.6 is 11.3 Å². The second-order valence-corrected chi connectivity index (χ2v) is 8.67. The first-order valence-corrected chi connectivity index (χ1v) is 10.7. The van der Waals surface area contributed by atoms with E-state index in [-0.39, 0.29) is 11.3 Å². The second-order valence-electron chi connectivity index (χ2n) is 7.89. The fourth-order valence-corrected chi connectivity index (χ4v) is 4.78. The van der Waals surface area contributed by atoms with Crippen molar-refractivity contribution in [3.05, 3.63) is 52.7 Å². The first-order chi connectivity index (χ1) is 13.7. The molecule has 2 aliphatic rings. The number of pyridine rings is 1. The van der Waals surface area contributed by atoms with E-state index in [0.29, 0.717) is 5.89 Å². The van der Waals surface area contributed by atoms with E-state index in [4.69, 9.17) is 9.51 Å². The second kappa shape index (κ2) is 7.13. The molecule has 2 fully saturated rings. The minimum absolute atomic E-state index is 0.0959. The van der Waals surface area contributed by atoms with E-state index in [9.17, 15) is 4.79 Å². The van der Waals surface area contributed by atoms with Crippen molar-refractivity contribution in [1.29, 1.82) is 0 Å². The Balaban J connectivity index is 1.37. The zero-order valence-corrected chi connectivity index (χ0v) is 16.4. The Hall–Kier alpha value is -2.54. The first kappa shape index (κ1) is 17.6. The summed E-state index contributed by atoms with van der Waals surface area (Å²) in [5, 5.41) is 8.26. The van der Waals surface area contributed by atoms with Crippen LogP contribution in [0.25, 0.3) is 11.5 Å². The number of piperidine rings is 1. The third kappa shape index (κ3) is 3.35. The van der Waals surface area contributed by atoms with Crippen LogP contribution in [0.15, 0.2) is 45.9 Å². The highest BCUT2D eigenvalue weighted by Crippen LogP contribution is 2.47. The average Bonchev–Trinajstić information content (AvgIpc) is 3.21. The van der Waals surface area contributed by atoms with E-state index in [1.165, 1.54) is 12.8 Å². The van der Waals surface area contributed by atoms with Crippen LogP contribution in [0.4, 0.5) is 0 Å². The molecule has 1 amide bonds. The number of likely N-dealkylation sites (tertiary alicyclic amines) is 1. The van der Waals surface area contributed by atoms with Gasteiger partial charge in [-0.3, -0.25) is 9.78 Å².